The van der Waals surface area contributed by atoms with Crippen molar-refractivity contribution in [3.63, 3.8) is 0 Å². The Kier molecular flexibility index (Phi) is 7.79. The molecule has 0 saturated carbocycles. The molecule has 0 saturated heterocycles. The lowest BCUT2D eigenvalue weighted by atomic mass is 10.1. The van der Waals surface area contributed by atoms with Crippen LogP contribution in [0.4, 0.5) is 4.39 Å². The van der Waals surface area contributed by atoms with Crippen molar-refractivity contribution in [2.24, 2.45) is 0 Å². The Balaban J connectivity index is 2.17. The molecule has 144 valence electrons. The fourth-order valence-electron chi connectivity index (χ4n) is 2.74. The van der Waals surface area contributed by atoms with E-state index in [1.165, 1.54) is 17.0 Å². The third kappa shape index (κ3) is 6.09. The molecular weight excluding hydrogens is 347 g/mol. The Hall–Kier alpha value is -2.89. The van der Waals surface area contributed by atoms with Gasteiger partial charge < -0.3 is 15.0 Å². The first-order chi connectivity index (χ1) is 13.0. The van der Waals surface area contributed by atoms with Crippen molar-refractivity contribution < 1.29 is 18.7 Å². The van der Waals surface area contributed by atoms with Crippen molar-refractivity contribution in [3.05, 3.63) is 66.0 Å². The molecule has 0 heterocycles. The number of benzene rings is 2. The largest absolute Gasteiger partial charge is 0.484 e. The Morgan fingerprint density at radius 2 is 1.74 bits per heavy atom. The summed E-state index contributed by atoms with van der Waals surface area (Å²) in [6.07, 6.45) is 0.462. The molecule has 2 aromatic carbocycles. The van der Waals surface area contributed by atoms with Crippen molar-refractivity contribution >= 4 is 11.8 Å². The minimum atomic E-state index is -0.623. The number of amides is 2. The Labute approximate surface area is 159 Å². The van der Waals surface area contributed by atoms with Gasteiger partial charge in [0.2, 0.25) is 5.91 Å². The van der Waals surface area contributed by atoms with Gasteiger partial charge in [-0.3, -0.25) is 9.59 Å². The van der Waals surface area contributed by atoms with Gasteiger partial charge >= 0.3 is 0 Å². The summed E-state index contributed by atoms with van der Waals surface area (Å²) in [6.45, 7) is 4.18. The van der Waals surface area contributed by atoms with E-state index in [-0.39, 0.29) is 30.8 Å². The molecule has 1 atom stereocenters. The van der Waals surface area contributed by atoms with Crippen molar-refractivity contribution in [1.29, 1.82) is 0 Å². The summed E-state index contributed by atoms with van der Waals surface area (Å²) in [5, 5.41) is 2.77. The summed E-state index contributed by atoms with van der Waals surface area (Å²) < 4.78 is 18.7. The highest BCUT2D eigenvalue weighted by atomic mass is 19.1. The lowest BCUT2D eigenvalue weighted by Crippen LogP contribution is -2.50. The van der Waals surface area contributed by atoms with Gasteiger partial charge in [-0.1, -0.05) is 37.3 Å². The number of halogens is 1. The molecule has 0 aliphatic carbocycles. The predicted octanol–water partition coefficient (Wildman–Crippen LogP) is 3.15. The third-order valence-corrected chi connectivity index (χ3v) is 4.11. The fourth-order valence-corrected chi connectivity index (χ4v) is 2.74. The number of nitrogens with zero attached hydrogens (tertiary/aromatic N) is 1. The van der Waals surface area contributed by atoms with Crippen LogP contribution in [0.15, 0.2) is 54.6 Å². The number of carbonyl (C=O) groups excluding carboxylic acids is 2. The first kappa shape index (κ1) is 20.4. The van der Waals surface area contributed by atoms with E-state index in [1.807, 2.05) is 32.0 Å². The molecule has 2 aromatic rings. The van der Waals surface area contributed by atoms with Gasteiger partial charge in [0.1, 0.15) is 17.6 Å². The number of carbonyl (C=O) groups is 2. The highest BCUT2D eigenvalue weighted by Crippen LogP contribution is 2.14. The molecule has 0 radical (unpaired) electrons. The van der Waals surface area contributed by atoms with E-state index < -0.39 is 6.04 Å². The van der Waals surface area contributed by atoms with Crippen molar-refractivity contribution in [2.45, 2.75) is 32.9 Å². The summed E-state index contributed by atoms with van der Waals surface area (Å²) in [4.78, 5) is 26.8. The van der Waals surface area contributed by atoms with Crippen LogP contribution >= 0.6 is 0 Å². The van der Waals surface area contributed by atoms with E-state index in [0.717, 1.165) is 5.56 Å². The lowest BCUT2D eigenvalue weighted by Gasteiger charge is -2.30. The molecule has 2 amide bonds. The summed E-state index contributed by atoms with van der Waals surface area (Å²) in [5.74, 6) is -0.283. The highest BCUT2D eigenvalue weighted by Gasteiger charge is 2.28. The number of nitrogens with one attached hydrogen (secondary N) is 1. The van der Waals surface area contributed by atoms with Gasteiger partial charge in [-0.15, -0.1) is 0 Å². The maximum absolute atomic E-state index is 13.2. The molecule has 0 fully saturated rings. The van der Waals surface area contributed by atoms with E-state index in [2.05, 4.69) is 5.32 Å². The van der Waals surface area contributed by atoms with Gasteiger partial charge in [0.25, 0.3) is 5.91 Å². The molecule has 5 nitrogen and oxygen atoms in total. The maximum Gasteiger partial charge on any atom is 0.261 e. The molecule has 0 spiro atoms. The van der Waals surface area contributed by atoms with Crippen molar-refractivity contribution in [2.75, 3.05) is 13.2 Å². The topological polar surface area (TPSA) is 58.6 Å². The molecule has 0 bridgehead atoms. The van der Waals surface area contributed by atoms with Gasteiger partial charge in [0, 0.05) is 13.1 Å². The Bertz CT molecular complexity index is 735. The molecule has 27 heavy (non-hydrogen) atoms. The molecule has 0 aliphatic rings. The van der Waals surface area contributed by atoms with E-state index in [0.29, 0.717) is 18.7 Å². The smallest absolute Gasteiger partial charge is 0.261 e. The summed E-state index contributed by atoms with van der Waals surface area (Å²) in [7, 11) is 0. The molecule has 1 N–H and O–H groups in total. The monoisotopic (exact) mass is 372 g/mol. The number of likely N-dealkylation sites (N-methyl/N-ethyl adjacent to an activating group) is 1. The van der Waals surface area contributed by atoms with Crippen molar-refractivity contribution in [3.8, 4) is 5.75 Å². The average Bonchev–Trinajstić information content (AvgIpc) is 2.68. The standard InChI is InChI=1S/C21H25FN2O3/c1-3-19(21(26)23-4-2)24(14-16-10-12-17(22)13-11-16)20(25)15-27-18-8-6-5-7-9-18/h5-13,19H,3-4,14-15H2,1-2H3,(H,23,26). The molecule has 6 heteroatoms. The first-order valence-electron chi connectivity index (χ1n) is 9.04. The minimum absolute atomic E-state index is 0.179. The summed E-state index contributed by atoms with van der Waals surface area (Å²) >= 11 is 0. The van der Waals surface area contributed by atoms with E-state index in [4.69, 9.17) is 4.74 Å². The molecule has 0 aromatic heterocycles. The van der Waals surface area contributed by atoms with Crippen LogP contribution in [0.2, 0.25) is 0 Å². The van der Waals surface area contributed by atoms with Crippen LogP contribution < -0.4 is 10.1 Å². The second kappa shape index (κ2) is 10.3. The van der Waals surface area contributed by atoms with Crippen LogP contribution in [0.3, 0.4) is 0 Å². The zero-order valence-corrected chi connectivity index (χ0v) is 15.7. The number of para-hydroxylation sites is 1. The first-order valence-corrected chi connectivity index (χ1v) is 9.04. The highest BCUT2D eigenvalue weighted by molar-refractivity contribution is 5.88. The zero-order chi connectivity index (χ0) is 19.6. The maximum atomic E-state index is 13.2. The average molecular weight is 372 g/mol. The normalized spacial score (nSPS) is 11.5. The zero-order valence-electron chi connectivity index (χ0n) is 15.7. The van der Waals surface area contributed by atoms with Gasteiger partial charge in [-0.2, -0.15) is 0 Å². The molecule has 2 rings (SSSR count). The van der Waals surface area contributed by atoms with Gasteiger partial charge in [-0.25, -0.2) is 4.39 Å². The van der Waals surface area contributed by atoms with Gasteiger partial charge in [0.05, 0.1) is 0 Å². The third-order valence-electron chi connectivity index (χ3n) is 4.11. The predicted molar refractivity (Wildman–Crippen MR) is 102 cm³/mol. The summed E-state index contributed by atoms with van der Waals surface area (Å²) in [5.41, 5.74) is 0.743. The Morgan fingerprint density at radius 3 is 2.33 bits per heavy atom. The van der Waals surface area contributed by atoms with Gasteiger partial charge in [0.15, 0.2) is 6.61 Å². The SMILES string of the molecule is CCNC(=O)C(CC)N(Cc1ccc(F)cc1)C(=O)COc1ccccc1. The number of hydrogen-bond acceptors (Lipinski definition) is 3. The van der Waals surface area contributed by atoms with Crippen LogP contribution in [-0.2, 0) is 16.1 Å². The van der Waals surface area contributed by atoms with Gasteiger partial charge in [-0.05, 0) is 43.2 Å². The second-order valence-electron chi connectivity index (χ2n) is 6.07. The van der Waals surface area contributed by atoms with Crippen LogP contribution in [0.1, 0.15) is 25.8 Å². The minimum Gasteiger partial charge on any atom is -0.484 e. The lowest BCUT2D eigenvalue weighted by molar-refractivity contribution is -0.142. The Morgan fingerprint density at radius 1 is 1.07 bits per heavy atom. The van der Waals surface area contributed by atoms with Crippen LogP contribution in [-0.4, -0.2) is 35.9 Å². The van der Waals surface area contributed by atoms with E-state index in [1.54, 1.807) is 24.3 Å². The summed E-state index contributed by atoms with van der Waals surface area (Å²) in [6, 6.07) is 14.3. The number of hydrogen-bond donors (Lipinski definition) is 1. The van der Waals surface area contributed by atoms with Crippen molar-refractivity contribution in [1.82, 2.24) is 10.2 Å². The van der Waals surface area contributed by atoms with E-state index >= 15 is 0 Å². The quantitative estimate of drug-likeness (QED) is 0.736. The van der Waals surface area contributed by atoms with E-state index in [9.17, 15) is 14.0 Å². The molecular formula is C21H25FN2O3. The molecule has 1 unspecified atom stereocenters. The second-order valence-corrected chi connectivity index (χ2v) is 6.07. The van der Waals surface area contributed by atoms with Crippen LogP contribution in [0.25, 0.3) is 0 Å². The number of rotatable bonds is 9. The molecule has 0 aliphatic heterocycles. The number of ether oxygens (including phenoxy) is 1. The van der Waals surface area contributed by atoms with Crippen LogP contribution in [0, 0.1) is 5.82 Å². The van der Waals surface area contributed by atoms with Crippen LogP contribution in [0.5, 0.6) is 5.75 Å². The fraction of sp³-hybridized carbons (Fsp3) is 0.333.